The molecule has 1 N–H and O–H groups in total. The smallest absolute Gasteiger partial charge is 0.435 e. The summed E-state index contributed by atoms with van der Waals surface area (Å²) >= 11 is 0. The van der Waals surface area contributed by atoms with Crippen molar-refractivity contribution in [3.05, 3.63) is 78.5 Å². The number of carbonyl (C=O) groups excluding carboxylic acids is 1. The molecule has 0 aliphatic carbocycles. The number of aldehydes is 1. The molecule has 3 heterocycles. The van der Waals surface area contributed by atoms with Gasteiger partial charge in [-0.15, -0.1) is 0 Å². The number of anilines is 1. The van der Waals surface area contributed by atoms with E-state index in [0.717, 1.165) is 27.7 Å². The lowest BCUT2D eigenvalue weighted by atomic mass is 10.1. The predicted octanol–water partition coefficient (Wildman–Crippen LogP) is 4.29. The molecular weight excluding hydrogens is 437 g/mol. The van der Waals surface area contributed by atoms with Gasteiger partial charge in [0.05, 0.1) is 12.7 Å². The number of rotatable bonds is 5. The molecule has 0 bridgehead atoms. The van der Waals surface area contributed by atoms with Crippen LogP contribution < -0.4 is 10.1 Å². The molecule has 0 saturated heterocycles. The van der Waals surface area contributed by atoms with E-state index in [9.17, 15) is 18.0 Å². The minimum Gasteiger partial charge on any atom is -0.467 e. The van der Waals surface area contributed by atoms with Gasteiger partial charge in [0.15, 0.2) is 17.8 Å². The summed E-state index contributed by atoms with van der Waals surface area (Å²) in [4.78, 5) is 22.5. The standard InChI is InChI=1S/C12H13N3O.C10H6F3N3O/c1-13-11-5-3-9(4-6-11)10-7-14-12(16-2)15-8-10;11-10(12,13)9-7(6-17)5-16(15-9)8-3-1-2-4-14-8/h3-8,13H,1-2H3;1-6H. The number of carbonyl (C=O) groups is 1. The lowest BCUT2D eigenvalue weighted by Crippen LogP contribution is -2.09. The van der Waals surface area contributed by atoms with Gasteiger partial charge >= 0.3 is 12.2 Å². The van der Waals surface area contributed by atoms with Crippen LogP contribution in [0.2, 0.25) is 0 Å². The van der Waals surface area contributed by atoms with E-state index in [1.165, 1.54) is 12.3 Å². The predicted molar refractivity (Wildman–Crippen MR) is 115 cm³/mol. The van der Waals surface area contributed by atoms with Gasteiger partial charge in [0.25, 0.3) is 0 Å². The zero-order chi connectivity index (χ0) is 23.8. The molecule has 0 spiro atoms. The Balaban J connectivity index is 0.000000186. The second-order valence-corrected chi connectivity index (χ2v) is 6.47. The van der Waals surface area contributed by atoms with Crippen molar-refractivity contribution in [1.29, 1.82) is 0 Å². The summed E-state index contributed by atoms with van der Waals surface area (Å²) in [7, 11) is 3.45. The quantitative estimate of drug-likeness (QED) is 0.448. The second kappa shape index (κ2) is 10.4. The number of benzene rings is 1. The molecule has 0 atom stereocenters. The first-order valence-corrected chi connectivity index (χ1v) is 9.53. The van der Waals surface area contributed by atoms with Crippen LogP contribution in [0.15, 0.2) is 67.3 Å². The monoisotopic (exact) mass is 456 g/mol. The molecule has 3 aromatic heterocycles. The Labute approximate surface area is 187 Å². The molecule has 11 heteroatoms. The Kier molecular flexibility index (Phi) is 7.34. The van der Waals surface area contributed by atoms with Gasteiger partial charge in [-0.05, 0) is 29.8 Å². The number of hydrogen-bond acceptors (Lipinski definition) is 7. The van der Waals surface area contributed by atoms with E-state index >= 15 is 0 Å². The average Bonchev–Trinajstić information content (AvgIpc) is 3.31. The summed E-state index contributed by atoms with van der Waals surface area (Å²) in [6.07, 6.45) is 1.38. The van der Waals surface area contributed by atoms with Crippen LogP contribution >= 0.6 is 0 Å². The topological polar surface area (TPSA) is 94.8 Å². The SMILES string of the molecule is CNc1ccc(-c2cnc(OC)nc2)cc1.O=Cc1cn(-c2ccccn2)nc1C(F)(F)F. The fraction of sp³-hybridized carbons (Fsp3) is 0.136. The lowest BCUT2D eigenvalue weighted by Gasteiger charge is -2.03. The Hall–Kier alpha value is -4.28. The van der Waals surface area contributed by atoms with E-state index in [1.54, 1.807) is 31.6 Å². The van der Waals surface area contributed by atoms with Crippen LogP contribution in [-0.4, -0.2) is 45.2 Å². The Morgan fingerprint density at radius 1 is 1.00 bits per heavy atom. The van der Waals surface area contributed by atoms with E-state index in [4.69, 9.17) is 4.74 Å². The van der Waals surface area contributed by atoms with Crippen molar-refractivity contribution in [1.82, 2.24) is 24.7 Å². The molecule has 0 aliphatic heterocycles. The molecular formula is C22H19F3N6O2. The van der Waals surface area contributed by atoms with Crippen molar-refractivity contribution >= 4 is 12.0 Å². The molecule has 0 aliphatic rings. The normalized spacial score (nSPS) is 10.7. The molecule has 0 fully saturated rings. The Morgan fingerprint density at radius 2 is 1.70 bits per heavy atom. The fourth-order valence-electron chi connectivity index (χ4n) is 2.70. The molecule has 1 aromatic carbocycles. The van der Waals surface area contributed by atoms with Crippen molar-refractivity contribution in [2.75, 3.05) is 19.5 Å². The molecule has 0 saturated carbocycles. The van der Waals surface area contributed by atoms with Crippen LogP contribution in [0.5, 0.6) is 6.01 Å². The number of nitrogens with one attached hydrogen (secondary N) is 1. The van der Waals surface area contributed by atoms with Gasteiger partial charge in [-0.3, -0.25) is 4.79 Å². The van der Waals surface area contributed by atoms with E-state index < -0.39 is 17.4 Å². The summed E-state index contributed by atoms with van der Waals surface area (Å²) in [5, 5.41) is 6.39. The van der Waals surface area contributed by atoms with Gasteiger partial charge in [0, 0.05) is 43.1 Å². The van der Waals surface area contributed by atoms with Crippen LogP contribution in [0.3, 0.4) is 0 Å². The summed E-state index contributed by atoms with van der Waals surface area (Å²) in [5.74, 6) is 0.214. The molecule has 4 aromatic rings. The van der Waals surface area contributed by atoms with Crippen LogP contribution in [0, 0.1) is 0 Å². The number of aromatic nitrogens is 5. The van der Waals surface area contributed by atoms with Gasteiger partial charge < -0.3 is 10.1 Å². The highest BCUT2D eigenvalue weighted by Crippen LogP contribution is 2.30. The maximum atomic E-state index is 12.5. The molecule has 170 valence electrons. The molecule has 0 unspecified atom stereocenters. The van der Waals surface area contributed by atoms with Gasteiger partial charge in [0.1, 0.15) is 0 Å². The van der Waals surface area contributed by atoms with Crippen molar-refractivity contribution < 1.29 is 22.7 Å². The molecule has 8 nitrogen and oxygen atoms in total. The zero-order valence-corrected chi connectivity index (χ0v) is 17.6. The van der Waals surface area contributed by atoms with E-state index in [-0.39, 0.29) is 12.1 Å². The summed E-state index contributed by atoms with van der Waals surface area (Å²) < 4.78 is 43.4. The zero-order valence-electron chi connectivity index (χ0n) is 17.6. The van der Waals surface area contributed by atoms with Crippen LogP contribution in [0.25, 0.3) is 16.9 Å². The third kappa shape index (κ3) is 5.91. The molecule has 0 radical (unpaired) electrons. The third-order valence-corrected chi connectivity index (χ3v) is 4.34. The van der Waals surface area contributed by atoms with Crippen molar-refractivity contribution in [2.45, 2.75) is 6.18 Å². The molecule has 0 amide bonds. The highest BCUT2D eigenvalue weighted by molar-refractivity contribution is 5.76. The van der Waals surface area contributed by atoms with E-state index in [1.807, 2.05) is 31.3 Å². The molecule has 4 rings (SSSR count). The lowest BCUT2D eigenvalue weighted by molar-refractivity contribution is -0.141. The fourth-order valence-corrected chi connectivity index (χ4v) is 2.70. The van der Waals surface area contributed by atoms with Crippen molar-refractivity contribution in [3.63, 3.8) is 0 Å². The highest BCUT2D eigenvalue weighted by Gasteiger charge is 2.37. The third-order valence-electron chi connectivity index (χ3n) is 4.34. The summed E-state index contributed by atoms with van der Waals surface area (Å²) in [6, 6.07) is 13.2. The number of alkyl halides is 3. The van der Waals surface area contributed by atoms with E-state index in [2.05, 4.69) is 25.4 Å². The van der Waals surface area contributed by atoms with Crippen LogP contribution in [0.1, 0.15) is 16.1 Å². The first kappa shape index (κ1) is 23.4. The highest BCUT2D eigenvalue weighted by atomic mass is 19.4. The number of methoxy groups -OCH3 is 1. The van der Waals surface area contributed by atoms with Gasteiger partial charge in [-0.1, -0.05) is 18.2 Å². The maximum absolute atomic E-state index is 12.5. The number of nitrogens with zero attached hydrogens (tertiary/aromatic N) is 5. The first-order chi connectivity index (χ1) is 15.9. The summed E-state index contributed by atoms with van der Waals surface area (Å²) in [5.41, 5.74) is 1.42. The number of hydrogen-bond donors (Lipinski definition) is 1. The average molecular weight is 456 g/mol. The van der Waals surface area contributed by atoms with Gasteiger partial charge in [-0.25, -0.2) is 19.6 Å². The van der Waals surface area contributed by atoms with Crippen molar-refractivity contribution in [3.8, 4) is 23.0 Å². The van der Waals surface area contributed by atoms with Crippen LogP contribution in [-0.2, 0) is 6.18 Å². The number of halogens is 3. The first-order valence-electron chi connectivity index (χ1n) is 9.53. The van der Waals surface area contributed by atoms with Gasteiger partial charge in [0.2, 0.25) is 0 Å². The minimum absolute atomic E-state index is 0.120. The Bertz CT molecular complexity index is 1130. The second-order valence-electron chi connectivity index (χ2n) is 6.47. The van der Waals surface area contributed by atoms with Gasteiger partial charge in [-0.2, -0.15) is 18.3 Å². The minimum atomic E-state index is -4.66. The summed E-state index contributed by atoms with van der Waals surface area (Å²) in [6.45, 7) is 0. The largest absolute Gasteiger partial charge is 0.467 e. The molecule has 33 heavy (non-hydrogen) atoms. The van der Waals surface area contributed by atoms with E-state index in [0.29, 0.717) is 6.01 Å². The Morgan fingerprint density at radius 3 is 2.18 bits per heavy atom. The van der Waals surface area contributed by atoms with Crippen molar-refractivity contribution in [2.24, 2.45) is 0 Å². The number of ether oxygens (including phenoxy) is 1. The maximum Gasteiger partial charge on any atom is 0.435 e. The van der Waals surface area contributed by atoms with Crippen LogP contribution in [0.4, 0.5) is 18.9 Å². The number of pyridine rings is 1.